The standard InChI is InChI=1S/C15H20N4S/c1-11-3-2-4-12(9-11)10-19-14(17-18-15(19)20)13-5-7-16-8-6-13/h5-8,11-12H,2-4,9-10H2,1H3,(H,18,20). The van der Waals surface area contributed by atoms with E-state index in [9.17, 15) is 0 Å². The molecule has 2 unspecified atom stereocenters. The average Bonchev–Trinajstić information content (AvgIpc) is 2.81. The number of H-pyrrole nitrogens is 1. The average molecular weight is 288 g/mol. The molecule has 3 rings (SSSR count). The first-order valence-corrected chi connectivity index (χ1v) is 7.70. The molecular formula is C15H20N4S. The maximum absolute atomic E-state index is 5.40. The summed E-state index contributed by atoms with van der Waals surface area (Å²) in [6.45, 7) is 3.32. The molecule has 2 aromatic heterocycles. The van der Waals surface area contributed by atoms with Crippen molar-refractivity contribution in [2.24, 2.45) is 11.8 Å². The second-order valence-corrected chi connectivity index (χ2v) is 6.22. The monoisotopic (exact) mass is 288 g/mol. The Labute approximate surface area is 124 Å². The van der Waals surface area contributed by atoms with Crippen LogP contribution in [0.5, 0.6) is 0 Å². The second kappa shape index (κ2) is 5.87. The highest BCUT2D eigenvalue weighted by Crippen LogP contribution is 2.30. The van der Waals surface area contributed by atoms with Crippen molar-refractivity contribution in [3.05, 3.63) is 29.3 Å². The maximum atomic E-state index is 5.40. The lowest BCUT2D eigenvalue weighted by atomic mass is 9.82. The van der Waals surface area contributed by atoms with Crippen LogP contribution in [0.25, 0.3) is 11.4 Å². The summed E-state index contributed by atoms with van der Waals surface area (Å²) >= 11 is 5.40. The van der Waals surface area contributed by atoms with E-state index in [4.69, 9.17) is 12.2 Å². The molecule has 4 nitrogen and oxygen atoms in total. The van der Waals surface area contributed by atoms with Gasteiger partial charge in [-0.3, -0.25) is 14.6 Å². The lowest BCUT2D eigenvalue weighted by molar-refractivity contribution is 0.257. The zero-order valence-electron chi connectivity index (χ0n) is 11.7. The molecule has 1 fully saturated rings. The highest BCUT2D eigenvalue weighted by molar-refractivity contribution is 7.71. The van der Waals surface area contributed by atoms with Gasteiger partial charge in [0.05, 0.1) is 0 Å². The molecule has 0 bridgehead atoms. The minimum Gasteiger partial charge on any atom is -0.300 e. The highest BCUT2D eigenvalue weighted by atomic mass is 32.1. The number of hydrogen-bond acceptors (Lipinski definition) is 3. The summed E-state index contributed by atoms with van der Waals surface area (Å²) in [4.78, 5) is 4.06. The predicted octanol–water partition coefficient (Wildman–Crippen LogP) is 3.83. The Morgan fingerprint density at radius 3 is 2.90 bits per heavy atom. The summed E-state index contributed by atoms with van der Waals surface area (Å²) in [5.41, 5.74) is 1.07. The van der Waals surface area contributed by atoms with Crippen LogP contribution in [-0.2, 0) is 6.54 Å². The van der Waals surface area contributed by atoms with Gasteiger partial charge < -0.3 is 0 Å². The largest absolute Gasteiger partial charge is 0.300 e. The van der Waals surface area contributed by atoms with Crippen LogP contribution in [0.4, 0.5) is 0 Å². The van der Waals surface area contributed by atoms with E-state index in [2.05, 4.69) is 26.7 Å². The number of nitrogens with zero attached hydrogens (tertiary/aromatic N) is 3. The van der Waals surface area contributed by atoms with Gasteiger partial charge >= 0.3 is 0 Å². The lowest BCUT2D eigenvalue weighted by Crippen LogP contribution is -2.19. The molecule has 0 saturated heterocycles. The summed E-state index contributed by atoms with van der Waals surface area (Å²) in [6.07, 6.45) is 8.88. The van der Waals surface area contributed by atoms with Crippen molar-refractivity contribution in [3.8, 4) is 11.4 Å². The van der Waals surface area contributed by atoms with Gasteiger partial charge in [0.2, 0.25) is 0 Å². The Kier molecular flexibility index (Phi) is 3.96. The predicted molar refractivity (Wildman–Crippen MR) is 81.8 cm³/mol. The third-order valence-electron chi connectivity index (χ3n) is 4.18. The molecule has 20 heavy (non-hydrogen) atoms. The first kappa shape index (κ1) is 13.5. The molecule has 2 aromatic rings. The van der Waals surface area contributed by atoms with E-state index in [1.807, 2.05) is 12.1 Å². The topological polar surface area (TPSA) is 46.5 Å². The molecule has 0 radical (unpaired) electrons. The Bertz CT molecular complexity index is 616. The Balaban J connectivity index is 1.86. The fraction of sp³-hybridized carbons (Fsp3) is 0.533. The number of aromatic amines is 1. The zero-order chi connectivity index (χ0) is 13.9. The fourth-order valence-corrected chi connectivity index (χ4v) is 3.40. The third-order valence-corrected chi connectivity index (χ3v) is 4.49. The molecule has 5 heteroatoms. The van der Waals surface area contributed by atoms with Crippen molar-refractivity contribution in [2.45, 2.75) is 39.2 Å². The molecular weight excluding hydrogens is 268 g/mol. The summed E-state index contributed by atoms with van der Waals surface area (Å²) in [7, 11) is 0. The molecule has 1 N–H and O–H groups in total. The van der Waals surface area contributed by atoms with Gasteiger partial charge in [0, 0.05) is 24.5 Å². The number of aromatic nitrogens is 4. The third kappa shape index (κ3) is 2.82. The fourth-order valence-electron chi connectivity index (χ4n) is 3.19. The van der Waals surface area contributed by atoms with Crippen LogP contribution in [0.1, 0.15) is 32.6 Å². The molecule has 1 aliphatic carbocycles. The molecule has 0 spiro atoms. The Hall–Kier alpha value is -1.49. The number of rotatable bonds is 3. The van der Waals surface area contributed by atoms with Crippen molar-refractivity contribution in [2.75, 3.05) is 0 Å². The Morgan fingerprint density at radius 2 is 2.15 bits per heavy atom. The summed E-state index contributed by atoms with van der Waals surface area (Å²) in [5, 5.41) is 7.32. The summed E-state index contributed by atoms with van der Waals surface area (Å²) in [6, 6.07) is 3.95. The Morgan fingerprint density at radius 1 is 1.35 bits per heavy atom. The SMILES string of the molecule is CC1CCCC(Cn2c(-c3ccncc3)n[nH]c2=S)C1. The molecule has 2 atom stereocenters. The lowest BCUT2D eigenvalue weighted by Gasteiger charge is -2.27. The number of hydrogen-bond donors (Lipinski definition) is 1. The molecule has 0 aromatic carbocycles. The smallest absolute Gasteiger partial charge is 0.195 e. The quantitative estimate of drug-likeness (QED) is 0.873. The van der Waals surface area contributed by atoms with Crippen LogP contribution in [-0.4, -0.2) is 19.7 Å². The summed E-state index contributed by atoms with van der Waals surface area (Å²) < 4.78 is 2.86. The van der Waals surface area contributed by atoms with E-state index in [0.717, 1.165) is 28.6 Å². The van der Waals surface area contributed by atoms with Crippen LogP contribution < -0.4 is 0 Å². The van der Waals surface area contributed by atoms with Gasteiger partial charge in [-0.15, -0.1) is 0 Å². The van der Waals surface area contributed by atoms with E-state index in [1.54, 1.807) is 12.4 Å². The van der Waals surface area contributed by atoms with Crippen molar-refractivity contribution in [3.63, 3.8) is 0 Å². The van der Waals surface area contributed by atoms with Gasteiger partial charge in [-0.1, -0.05) is 19.8 Å². The molecule has 106 valence electrons. The number of pyridine rings is 1. The van der Waals surface area contributed by atoms with E-state index in [-0.39, 0.29) is 0 Å². The van der Waals surface area contributed by atoms with Crippen molar-refractivity contribution >= 4 is 12.2 Å². The van der Waals surface area contributed by atoms with E-state index < -0.39 is 0 Å². The van der Waals surface area contributed by atoms with Crippen molar-refractivity contribution in [1.82, 2.24) is 19.7 Å². The van der Waals surface area contributed by atoms with Crippen molar-refractivity contribution < 1.29 is 0 Å². The van der Waals surface area contributed by atoms with E-state index in [0.29, 0.717) is 5.92 Å². The molecule has 2 heterocycles. The highest BCUT2D eigenvalue weighted by Gasteiger charge is 2.21. The van der Waals surface area contributed by atoms with Crippen LogP contribution >= 0.6 is 12.2 Å². The van der Waals surface area contributed by atoms with Gasteiger partial charge in [-0.25, -0.2) is 0 Å². The second-order valence-electron chi connectivity index (χ2n) is 5.84. The van der Waals surface area contributed by atoms with Crippen LogP contribution in [0.2, 0.25) is 0 Å². The van der Waals surface area contributed by atoms with Crippen molar-refractivity contribution in [1.29, 1.82) is 0 Å². The maximum Gasteiger partial charge on any atom is 0.195 e. The first-order chi connectivity index (χ1) is 9.74. The van der Waals surface area contributed by atoms with Gasteiger partial charge in [-0.2, -0.15) is 5.10 Å². The molecule has 0 aliphatic heterocycles. The minimum atomic E-state index is 0.712. The van der Waals surface area contributed by atoms with Gasteiger partial charge in [0.25, 0.3) is 0 Å². The molecule has 1 aliphatic rings. The normalized spacial score (nSPS) is 22.9. The minimum absolute atomic E-state index is 0.712. The van der Waals surface area contributed by atoms with Crippen LogP contribution in [0, 0.1) is 16.6 Å². The number of nitrogens with one attached hydrogen (secondary N) is 1. The summed E-state index contributed by atoms with van der Waals surface area (Å²) in [5.74, 6) is 2.47. The van der Waals surface area contributed by atoms with Crippen LogP contribution in [0.15, 0.2) is 24.5 Å². The van der Waals surface area contributed by atoms with E-state index >= 15 is 0 Å². The first-order valence-electron chi connectivity index (χ1n) is 7.29. The van der Waals surface area contributed by atoms with Gasteiger partial charge in [0.1, 0.15) is 0 Å². The van der Waals surface area contributed by atoms with Crippen LogP contribution in [0.3, 0.4) is 0 Å². The van der Waals surface area contributed by atoms with Gasteiger partial charge in [-0.05, 0) is 49.0 Å². The zero-order valence-corrected chi connectivity index (χ0v) is 12.6. The molecule has 0 amide bonds. The molecule has 1 saturated carbocycles. The van der Waals surface area contributed by atoms with Gasteiger partial charge in [0.15, 0.2) is 10.6 Å². The van der Waals surface area contributed by atoms with E-state index in [1.165, 1.54) is 25.7 Å².